The highest BCUT2D eigenvalue weighted by atomic mass is 127. The van der Waals surface area contributed by atoms with Gasteiger partial charge in [-0.05, 0) is 24.5 Å². The summed E-state index contributed by atoms with van der Waals surface area (Å²) in [7, 11) is 1.69. The third kappa shape index (κ3) is 5.12. The van der Waals surface area contributed by atoms with Crippen LogP contribution in [0.2, 0.25) is 0 Å². The first-order chi connectivity index (χ1) is 12.6. The zero-order valence-electron chi connectivity index (χ0n) is 15.9. The second-order valence-electron chi connectivity index (χ2n) is 6.67. The summed E-state index contributed by atoms with van der Waals surface area (Å²) in [5.74, 6) is 0.814. The van der Waals surface area contributed by atoms with Gasteiger partial charge in [0.1, 0.15) is 0 Å². The van der Waals surface area contributed by atoms with E-state index in [2.05, 4.69) is 21.7 Å². The number of nitrogens with one attached hydrogen (secondary N) is 2. The summed E-state index contributed by atoms with van der Waals surface area (Å²) in [5, 5.41) is 6.42. The number of para-hydroxylation sites is 1. The number of rotatable bonds is 4. The van der Waals surface area contributed by atoms with E-state index < -0.39 is 0 Å². The number of carbonyl (C=O) groups excluding carboxylic acids is 2. The van der Waals surface area contributed by atoms with Crippen LogP contribution in [0.5, 0.6) is 0 Å². The van der Waals surface area contributed by atoms with Gasteiger partial charge in [0.05, 0.1) is 6.54 Å². The maximum Gasteiger partial charge on any atom is 0.246 e. The number of anilines is 1. The van der Waals surface area contributed by atoms with Crippen molar-refractivity contribution in [1.29, 1.82) is 0 Å². The Labute approximate surface area is 177 Å². The molecule has 2 amide bonds. The minimum Gasteiger partial charge on any atom is -0.352 e. The number of halogens is 1. The van der Waals surface area contributed by atoms with Gasteiger partial charge in [-0.15, -0.1) is 24.0 Å². The summed E-state index contributed by atoms with van der Waals surface area (Å²) >= 11 is 0. The van der Waals surface area contributed by atoms with Gasteiger partial charge in [-0.1, -0.05) is 25.1 Å². The molecule has 2 aliphatic rings. The van der Waals surface area contributed by atoms with Crippen LogP contribution in [0, 0.1) is 0 Å². The fourth-order valence-electron chi connectivity index (χ4n) is 3.57. The molecule has 27 heavy (non-hydrogen) atoms. The van der Waals surface area contributed by atoms with Crippen molar-refractivity contribution in [2.75, 3.05) is 38.1 Å². The van der Waals surface area contributed by atoms with E-state index in [0.29, 0.717) is 18.9 Å². The van der Waals surface area contributed by atoms with Crippen molar-refractivity contribution >= 4 is 47.4 Å². The first-order valence-electron chi connectivity index (χ1n) is 9.25. The van der Waals surface area contributed by atoms with Crippen LogP contribution in [-0.2, 0) is 16.0 Å². The van der Waals surface area contributed by atoms with Crippen LogP contribution in [0.4, 0.5) is 5.69 Å². The lowest BCUT2D eigenvalue weighted by atomic mass is 10.2. The summed E-state index contributed by atoms with van der Waals surface area (Å²) in [5.41, 5.74) is 2.22. The Morgan fingerprint density at radius 1 is 1.22 bits per heavy atom. The lowest BCUT2D eigenvalue weighted by Gasteiger charge is -2.21. The Morgan fingerprint density at radius 2 is 2.00 bits per heavy atom. The Morgan fingerprint density at radius 3 is 2.74 bits per heavy atom. The lowest BCUT2D eigenvalue weighted by Crippen LogP contribution is -2.48. The van der Waals surface area contributed by atoms with Crippen molar-refractivity contribution in [2.24, 2.45) is 4.99 Å². The molecular weight excluding hydrogens is 457 g/mol. The molecule has 0 radical (unpaired) electrons. The van der Waals surface area contributed by atoms with Gasteiger partial charge in [-0.25, -0.2) is 0 Å². The Balaban J connectivity index is 0.00000261. The van der Waals surface area contributed by atoms with E-state index in [0.717, 1.165) is 31.6 Å². The largest absolute Gasteiger partial charge is 0.352 e. The fraction of sp³-hybridized carbons (Fsp3) is 0.526. The van der Waals surface area contributed by atoms with Crippen LogP contribution in [0.15, 0.2) is 29.3 Å². The summed E-state index contributed by atoms with van der Waals surface area (Å²) in [4.78, 5) is 32.3. The third-order valence-corrected chi connectivity index (χ3v) is 5.00. The van der Waals surface area contributed by atoms with Crippen molar-refractivity contribution in [2.45, 2.75) is 32.2 Å². The molecule has 1 saturated heterocycles. The molecule has 1 aromatic rings. The molecule has 0 aromatic heterocycles. The van der Waals surface area contributed by atoms with Gasteiger partial charge < -0.3 is 20.4 Å². The standard InChI is InChI=1S/C19H27N5O2.HI/c1-3-17(25)23-10-9-15(13-23)22-19(20-2)21-12-18(26)24-11-8-14-6-4-5-7-16(14)24;/h4-7,15H,3,8-13H2,1-2H3,(H2,20,21,22);1H. The van der Waals surface area contributed by atoms with Gasteiger partial charge in [0.2, 0.25) is 11.8 Å². The number of hydrogen-bond acceptors (Lipinski definition) is 3. The van der Waals surface area contributed by atoms with Crippen LogP contribution in [-0.4, -0.2) is 61.9 Å². The number of benzene rings is 1. The van der Waals surface area contributed by atoms with Crippen LogP contribution in [0.3, 0.4) is 0 Å². The first-order valence-corrected chi connectivity index (χ1v) is 9.25. The van der Waals surface area contributed by atoms with Crippen molar-refractivity contribution < 1.29 is 9.59 Å². The van der Waals surface area contributed by atoms with Gasteiger partial charge in [0, 0.05) is 44.8 Å². The molecule has 8 heteroatoms. The van der Waals surface area contributed by atoms with Gasteiger partial charge in [0.15, 0.2) is 5.96 Å². The van der Waals surface area contributed by atoms with Gasteiger partial charge in [0.25, 0.3) is 0 Å². The minimum atomic E-state index is 0. The number of guanidine groups is 1. The van der Waals surface area contributed by atoms with Gasteiger partial charge in [-0.3, -0.25) is 14.6 Å². The molecule has 2 aliphatic heterocycles. The third-order valence-electron chi connectivity index (χ3n) is 5.00. The number of aliphatic imine (C=N–C) groups is 1. The maximum absolute atomic E-state index is 12.6. The summed E-state index contributed by atoms with van der Waals surface area (Å²) in [6.45, 7) is 4.25. The molecule has 0 aliphatic carbocycles. The molecule has 0 spiro atoms. The maximum atomic E-state index is 12.6. The van der Waals surface area contributed by atoms with Gasteiger partial charge >= 0.3 is 0 Å². The highest BCUT2D eigenvalue weighted by Crippen LogP contribution is 2.27. The number of fused-ring (bicyclic) bond motifs is 1. The van der Waals surface area contributed by atoms with Crippen molar-refractivity contribution in [3.05, 3.63) is 29.8 Å². The van der Waals surface area contributed by atoms with Crippen LogP contribution >= 0.6 is 24.0 Å². The number of hydrogen-bond donors (Lipinski definition) is 2. The van der Waals surface area contributed by atoms with E-state index in [1.807, 2.05) is 34.9 Å². The van der Waals surface area contributed by atoms with Crippen molar-refractivity contribution in [1.82, 2.24) is 15.5 Å². The highest BCUT2D eigenvalue weighted by Gasteiger charge is 2.27. The number of carbonyl (C=O) groups is 2. The summed E-state index contributed by atoms with van der Waals surface area (Å²) in [6, 6.07) is 8.19. The van der Waals surface area contributed by atoms with E-state index in [1.165, 1.54) is 5.56 Å². The quantitative estimate of drug-likeness (QED) is 0.384. The Hall–Kier alpha value is -1.84. The second-order valence-corrected chi connectivity index (χ2v) is 6.67. The first kappa shape index (κ1) is 21.5. The molecule has 0 saturated carbocycles. The van der Waals surface area contributed by atoms with E-state index in [9.17, 15) is 9.59 Å². The molecule has 1 unspecified atom stereocenters. The molecule has 2 heterocycles. The molecule has 1 atom stereocenters. The smallest absolute Gasteiger partial charge is 0.246 e. The molecule has 7 nitrogen and oxygen atoms in total. The average molecular weight is 485 g/mol. The molecule has 1 aromatic carbocycles. The van der Waals surface area contributed by atoms with Crippen molar-refractivity contribution in [3.8, 4) is 0 Å². The predicted molar refractivity (Wildman–Crippen MR) is 118 cm³/mol. The van der Waals surface area contributed by atoms with E-state index in [4.69, 9.17) is 0 Å². The molecule has 148 valence electrons. The molecule has 3 rings (SSSR count). The zero-order valence-corrected chi connectivity index (χ0v) is 18.2. The SMILES string of the molecule is CCC(=O)N1CCC(NC(=NC)NCC(=O)N2CCc3ccccc32)C1.I. The summed E-state index contributed by atoms with van der Waals surface area (Å²) < 4.78 is 0. The Bertz CT molecular complexity index is 709. The van der Waals surface area contributed by atoms with Crippen LogP contribution in [0.25, 0.3) is 0 Å². The summed E-state index contributed by atoms with van der Waals surface area (Å²) in [6.07, 6.45) is 2.32. The number of likely N-dealkylation sites (tertiary alicyclic amines) is 1. The minimum absolute atomic E-state index is 0. The average Bonchev–Trinajstić information content (AvgIpc) is 3.31. The van der Waals surface area contributed by atoms with E-state index in [1.54, 1.807) is 7.05 Å². The van der Waals surface area contributed by atoms with E-state index >= 15 is 0 Å². The second kappa shape index (κ2) is 9.91. The van der Waals surface area contributed by atoms with Crippen LogP contribution < -0.4 is 15.5 Å². The fourth-order valence-corrected chi connectivity index (χ4v) is 3.57. The van der Waals surface area contributed by atoms with Crippen LogP contribution in [0.1, 0.15) is 25.3 Å². The van der Waals surface area contributed by atoms with Gasteiger partial charge in [-0.2, -0.15) is 0 Å². The Kier molecular flexibility index (Phi) is 7.88. The number of amides is 2. The molecule has 2 N–H and O–H groups in total. The lowest BCUT2D eigenvalue weighted by molar-refractivity contribution is -0.129. The molecular formula is C19H28IN5O2. The highest BCUT2D eigenvalue weighted by molar-refractivity contribution is 14.0. The molecule has 0 bridgehead atoms. The zero-order chi connectivity index (χ0) is 18.5. The van der Waals surface area contributed by atoms with Crippen molar-refractivity contribution in [3.63, 3.8) is 0 Å². The van der Waals surface area contributed by atoms with E-state index in [-0.39, 0.29) is 48.4 Å². The normalized spacial score (nSPS) is 18.7. The number of nitrogens with zero attached hydrogens (tertiary/aromatic N) is 3. The topological polar surface area (TPSA) is 77.0 Å². The predicted octanol–water partition coefficient (Wildman–Crippen LogP) is 1.37. The monoisotopic (exact) mass is 485 g/mol. The molecule has 1 fully saturated rings.